The summed E-state index contributed by atoms with van der Waals surface area (Å²) in [7, 11) is -1.66. The molecule has 0 amide bonds. The minimum atomic E-state index is -1.66. The summed E-state index contributed by atoms with van der Waals surface area (Å²) in [5.41, 5.74) is 0. The Morgan fingerprint density at radius 3 is 2.23 bits per heavy atom. The third-order valence-corrected chi connectivity index (χ3v) is 5.03. The van der Waals surface area contributed by atoms with Crippen molar-refractivity contribution in [3.8, 4) is 0 Å². The highest BCUT2D eigenvalue weighted by Gasteiger charge is 2.23. The molecule has 0 aliphatic heterocycles. The normalized spacial score (nSPS) is 11.7. The molecule has 0 unspecified atom stereocenters. The quantitative estimate of drug-likeness (QED) is 0.704. The molecule has 0 bridgehead atoms. The van der Waals surface area contributed by atoms with Crippen LogP contribution in [0.4, 0.5) is 0 Å². The molecule has 0 aliphatic rings. The Bertz CT molecular complexity index is 269. The van der Waals surface area contributed by atoms with Gasteiger partial charge < -0.3 is 4.43 Å². The first-order valence-corrected chi connectivity index (χ1v) is 7.75. The van der Waals surface area contributed by atoms with Crippen LogP contribution < -0.4 is 5.19 Å². The molecule has 1 nitrogen and oxygen atoms in total. The average Bonchev–Trinajstić information content (AvgIpc) is 2.05. The lowest BCUT2D eigenvalue weighted by atomic mass is 10.4. The second-order valence-electron chi connectivity index (χ2n) is 3.45. The molecule has 1 rings (SSSR count). The first-order valence-electron chi connectivity index (χ1n) is 4.46. The van der Waals surface area contributed by atoms with Gasteiger partial charge in [0, 0.05) is 11.6 Å². The second kappa shape index (κ2) is 4.27. The van der Waals surface area contributed by atoms with Gasteiger partial charge in [0.15, 0.2) is 0 Å². The van der Waals surface area contributed by atoms with Crippen LogP contribution in [0.15, 0.2) is 24.3 Å². The van der Waals surface area contributed by atoms with Gasteiger partial charge in [0.25, 0.3) is 0 Å². The third kappa shape index (κ3) is 2.83. The molecule has 72 valence electrons. The zero-order chi connectivity index (χ0) is 9.90. The first-order chi connectivity index (χ1) is 6.06. The van der Waals surface area contributed by atoms with Crippen molar-refractivity contribution in [2.24, 2.45) is 0 Å². The summed E-state index contributed by atoms with van der Waals surface area (Å²) in [4.78, 5) is 0. The molecule has 0 aliphatic carbocycles. The van der Waals surface area contributed by atoms with Crippen LogP contribution in [0.5, 0.6) is 0 Å². The monoisotopic (exact) mass is 214 g/mol. The first kappa shape index (κ1) is 10.8. The molecular formula is C10H15ClOSi. The van der Waals surface area contributed by atoms with Crippen molar-refractivity contribution in [1.29, 1.82) is 0 Å². The average molecular weight is 215 g/mol. The predicted molar refractivity (Wildman–Crippen MR) is 60.2 cm³/mol. The fraction of sp³-hybridized carbons (Fsp3) is 0.400. The van der Waals surface area contributed by atoms with E-state index in [2.05, 4.69) is 25.2 Å². The van der Waals surface area contributed by atoms with Crippen LogP contribution in [0.25, 0.3) is 0 Å². The second-order valence-corrected chi connectivity index (χ2v) is 7.77. The van der Waals surface area contributed by atoms with Crippen LogP contribution in [0.1, 0.15) is 6.92 Å². The molecule has 3 heteroatoms. The molecular weight excluding hydrogens is 200 g/mol. The largest absolute Gasteiger partial charge is 0.413 e. The lowest BCUT2D eigenvalue weighted by Gasteiger charge is -2.22. The maximum Gasteiger partial charge on any atom is 0.218 e. The van der Waals surface area contributed by atoms with Gasteiger partial charge in [-0.15, -0.1) is 0 Å². The van der Waals surface area contributed by atoms with Gasteiger partial charge in [-0.05, 0) is 37.3 Å². The van der Waals surface area contributed by atoms with Crippen molar-refractivity contribution in [1.82, 2.24) is 0 Å². The van der Waals surface area contributed by atoms with E-state index in [1.807, 2.05) is 19.1 Å². The summed E-state index contributed by atoms with van der Waals surface area (Å²) < 4.78 is 5.75. The van der Waals surface area contributed by atoms with Crippen molar-refractivity contribution in [2.75, 3.05) is 6.61 Å². The Labute approximate surface area is 85.8 Å². The fourth-order valence-corrected chi connectivity index (χ4v) is 3.28. The van der Waals surface area contributed by atoms with Crippen LogP contribution in [0.2, 0.25) is 18.1 Å². The summed E-state index contributed by atoms with van der Waals surface area (Å²) in [6, 6.07) is 7.96. The highest BCUT2D eigenvalue weighted by Crippen LogP contribution is 2.09. The van der Waals surface area contributed by atoms with Crippen molar-refractivity contribution in [2.45, 2.75) is 20.0 Å². The fourth-order valence-electron chi connectivity index (χ4n) is 1.30. The van der Waals surface area contributed by atoms with Gasteiger partial charge in [0.05, 0.1) is 0 Å². The number of rotatable bonds is 3. The van der Waals surface area contributed by atoms with Crippen molar-refractivity contribution in [3.05, 3.63) is 29.3 Å². The molecule has 0 radical (unpaired) electrons. The van der Waals surface area contributed by atoms with E-state index in [4.69, 9.17) is 16.0 Å². The van der Waals surface area contributed by atoms with Gasteiger partial charge in [-0.25, -0.2) is 0 Å². The Morgan fingerprint density at radius 1 is 1.23 bits per heavy atom. The Hall–Kier alpha value is -0.313. The molecule has 0 atom stereocenters. The molecule has 1 aromatic rings. The van der Waals surface area contributed by atoms with E-state index >= 15 is 0 Å². The minimum Gasteiger partial charge on any atom is -0.413 e. The Morgan fingerprint density at radius 2 is 1.77 bits per heavy atom. The van der Waals surface area contributed by atoms with Crippen molar-refractivity contribution in [3.63, 3.8) is 0 Å². The summed E-state index contributed by atoms with van der Waals surface area (Å²) in [5, 5.41) is 2.07. The van der Waals surface area contributed by atoms with Gasteiger partial charge in [-0.1, -0.05) is 23.7 Å². The summed E-state index contributed by atoms with van der Waals surface area (Å²) in [5.74, 6) is 0. The zero-order valence-electron chi connectivity index (χ0n) is 8.30. The van der Waals surface area contributed by atoms with Crippen molar-refractivity contribution < 1.29 is 4.43 Å². The summed E-state index contributed by atoms with van der Waals surface area (Å²) in [6.45, 7) is 7.20. The van der Waals surface area contributed by atoms with E-state index < -0.39 is 8.32 Å². The van der Waals surface area contributed by atoms with Crippen LogP contribution in [-0.2, 0) is 4.43 Å². The zero-order valence-corrected chi connectivity index (χ0v) is 10.1. The maximum absolute atomic E-state index is 5.81. The molecule has 13 heavy (non-hydrogen) atoms. The number of halogens is 1. The standard InChI is InChI=1S/C10H15ClOSi/c1-4-12-13(2,3)10-7-5-9(11)6-8-10/h5-8H,4H2,1-3H3. The van der Waals surface area contributed by atoms with E-state index in [-0.39, 0.29) is 0 Å². The van der Waals surface area contributed by atoms with Gasteiger partial charge in [-0.3, -0.25) is 0 Å². The van der Waals surface area contributed by atoms with Crippen LogP contribution in [-0.4, -0.2) is 14.9 Å². The van der Waals surface area contributed by atoms with E-state index in [0.717, 1.165) is 11.6 Å². The van der Waals surface area contributed by atoms with Gasteiger partial charge in [-0.2, -0.15) is 0 Å². The number of hydrogen-bond acceptors (Lipinski definition) is 1. The SMILES string of the molecule is CCO[Si](C)(C)c1ccc(Cl)cc1. The summed E-state index contributed by atoms with van der Waals surface area (Å²) in [6.07, 6.45) is 0. The molecule has 0 saturated carbocycles. The maximum atomic E-state index is 5.81. The lowest BCUT2D eigenvalue weighted by Crippen LogP contribution is -2.44. The predicted octanol–water partition coefficient (Wildman–Crippen LogP) is 2.79. The Balaban J connectivity index is 2.87. The van der Waals surface area contributed by atoms with Gasteiger partial charge >= 0.3 is 0 Å². The molecule has 0 aromatic heterocycles. The smallest absolute Gasteiger partial charge is 0.218 e. The third-order valence-electron chi connectivity index (χ3n) is 2.04. The van der Waals surface area contributed by atoms with Gasteiger partial charge in [0.2, 0.25) is 8.32 Å². The molecule has 0 N–H and O–H groups in total. The number of benzene rings is 1. The van der Waals surface area contributed by atoms with Crippen molar-refractivity contribution >= 4 is 25.1 Å². The topological polar surface area (TPSA) is 9.23 Å². The van der Waals surface area contributed by atoms with Crippen LogP contribution in [0.3, 0.4) is 0 Å². The van der Waals surface area contributed by atoms with Crippen LogP contribution in [0, 0.1) is 0 Å². The van der Waals surface area contributed by atoms with E-state index in [9.17, 15) is 0 Å². The highest BCUT2D eigenvalue weighted by atomic mass is 35.5. The highest BCUT2D eigenvalue weighted by molar-refractivity contribution is 6.84. The van der Waals surface area contributed by atoms with E-state index in [1.54, 1.807) is 0 Å². The lowest BCUT2D eigenvalue weighted by molar-refractivity contribution is 0.339. The van der Waals surface area contributed by atoms with E-state index in [0.29, 0.717) is 0 Å². The molecule has 0 spiro atoms. The number of hydrogen-bond donors (Lipinski definition) is 0. The molecule has 0 fully saturated rings. The minimum absolute atomic E-state index is 0.780. The van der Waals surface area contributed by atoms with Crippen LogP contribution >= 0.6 is 11.6 Å². The summed E-state index contributed by atoms with van der Waals surface area (Å²) >= 11 is 5.81. The van der Waals surface area contributed by atoms with Gasteiger partial charge in [0.1, 0.15) is 0 Å². The molecule has 0 saturated heterocycles. The van der Waals surface area contributed by atoms with E-state index in [1.165, 1.54) is 5.19 Å². The molecule has 1 aromatic carbocycles. The Kier molecular flexibility index (Phi) is 3.53. The molecule has 0 heterocycles.